The number of carbonyl (C=O) groups is 1. The number of piperazine rings is 1. The maximum absolute atomic E-state index is 12.4. The number of hydrogen-bond acceptors (Lipinski definition) is 2. The summed E-state index contributed by atoms with van der Waals surface area (Å²) in [5, 5.41) is 0. The Kier molecular flexibility index (Phi) is 5.17. The average Bonchev–Trinajstić information content (AvgIpc) is 2.63. The molecule has 0 bridgehead atoms. The lowest BCUT2D eigenvalue weighted by atomic mass is 10.2. The predicted molar refractivity (Wildman–Crippen MR) is 91.2 cm³/mol. The van der Waals surface area contributed by atoms with E-state index in [0.717, 1.165) is 38.3 Å². The normalized spacial score (nSPS) is 15.9. The molecule has 4 nitrogen and oxygen atoms in total. The van der Waals surface area contributed by atoms with E-state index in [-0.39, 0.29) is 5.91 Å². The molecule has 1 saturated heterocycles. The highest BCUT2D eigenvalue weighted by Gasteiger charge is 2.23. The van der Waals surface area contributed by atoms with Crippen LogP contribution in [0.3, 0.4) is 0 Å². The molecule has 4 heteroatoms. The summed E-state index contributed by atoms with van der Waals surface area (Å²) in [6, 6.07) is 13.9. The fourth-order valence-electron chi connectivity index (χ4n) is 2.83. The molecule has 1 amide bonds. The Hall–Kier alpha value is -2.46. The largest absolute Gasteiger partial charge is 0.329 e. The van der Waals surface area contributed by atoms with Crippen LogP contribution in [-0.4, -0.2) is 48.5 Å². The first-order valence-electron chi connectivity index (χ1n) is 8.07. The summed E-state index contributed by atoms with van der Waals surface area (Å²) in [5.41, 5.74) is 1.96. The highest BCUT2D eigenvalue weighted by atomic mass is 16.2. The zero-order valence-corrected chi connectivity index (χ0v) is 13.2. The smallest absolute Gasteiger partial charge is 0.254 e. The van der Waals surface area contributed by atoms with Gasteiger partial charge in [0.15, 0.2) is 0 Å². The summed E-state index contributed by atoms with van der Waals surface area (Å²) >= 11 is 0. The molecule has 0 aliphatic carbocycles. The number of rotatable bonds is 4. The second kappa shape index (κ2) is 7.70. The maximum atomic E-state index is 12.4. The Morgan fingerprint density at radius 1 is 1.09 bits per heavy atom. The molecule has 1 aliphatic heterocycles. The minimum Gasteiger partial charge on any atom is -0.329 e. The van der Waals surface area contributed by atoms with Crippen LogP contribution in [0, 0.1) is 0 Å². The van der Waals surface area contributed by atoms with Crippen LogP contribution in [0.2, 0.25) is 0 Å². The van der Waals surface area contributed by atoms with Gasteiger partial charge in [0.2, 0.25) is 0 Å². The first-order chi connectivity index (χ1) is 11.3. The highest BCUT2D eigenvalue weighted by Crippen LogP contribution is 2.03. The summed E-state index contributed by atoms with van der Waals surface area (Å²) in [6.07, 6.45) is 7.73. The number of amides is 1. The minimum absolute atomic E-state index is 0.117. The molecule has 0 atom stereocenters. The summed E-state index contributed by atoms with van der Waals surface area (Å²) in [5.74, 6) is 0.117. The molecule has 2 heterocycles. The molecular weight excluding hydrogens is 286 g/mol. The number of aromatic nitrogens is 1. The van der Waals surface area contributed by atoms with Crippen molar-refractivity contribution in [3.05, 3.63) is 72.1 Å². The Bertz CT molecular complexity index is 647. The van der Waals surface area contributed by atoms with Gasteiger partial charge in [-0.25, -0.2) is 0 Å². The minimum atomic E-state index is 0.117. The molecule has 23 heavy (non-hydrogen) atoms. The number of hydrogen-bond donors (Lipinski definition) is 1. The van der Waals surface area contributed by atoms with Crippen LogP contribution in [0.5, 0.6) is 0 Å². The first-order valence-corrected chi connectivity index (χ1v) is 8.07. The SMILES string of the molecule is O=C(c1ccncc1)N1CC[NH+](CC=Cc2ccccc2)CC1. The quantitative estimate of drug-likeness (QED) is 0.920. The second-order valence-corrected chi connectivity index (χ2v) is 5.80. The Labute approximate surface area is 137 Å². The monoisotopic (exact) mass is 308 g/mol. The topological polar surface area (TPSA) is 37.6 Å². The maximum Gasteiger partial charge on any atom is 0.254 e. The summed E-state index contributed by atoms with van der Waals surface area (Å²) in [4.78, 5) is 19.8. The van der Waals surface area contributed by atoms with Gasteiger partial charge in [-0.3, -0.25) is 9.78 Å². The van der Waals surface area contributed by atoms with Crippen LogP contribution in [0.15, 0.2) is 60.9 Å². The van der Waals surface area contributed by atoms with E-state index in [9.17, 15) is 4.79 Å². The molecule has 1 aromatic heterocycles. The zero-order chi connectivity index (χ0) is 15.9. The molecule has 1 aliphatic rings. The van der Waals surface area contributed by atoms with Gasteiger partial charge in [0, 0.05) is 18.0 Å². The average molecular weight is 308 g/mol. The first kappa shape index (κ1) is 15.4. The lowest BCUT2D eigenvalue weighted by Gasteiger charge is -2.31. The zero-order valence-electron chi connectivity index (χ0n) is 13.2. The Morgan fingerprint density at radius 2 is 1.78 bits per heavy atom. The van der Waals surface area contributed by atoms with Crippen molar-refractivity contribution in [2.75, 3.05) is 32.7 Å². The molecule has 0 saturated carbocycles. The van der Waals surface area contributed by atoms with Gasteiger partial charge in [-0.05, 0) is 23.8 Å². The van der Waals surface area contributed by atoms with Gasteiger partial charge in [-0.1, -0.05) is 36.4 Å². The number of nitrogens with zero attached hydrogens (tertiary/aromatic N) is 2. The van der Waals surface area contributed by atoms with E-state index in [1.165, 1.54) is 10.5 Å². The summed E-state index contributed by atoms with van der Waals surface area (Å²) < 4.78 is 0. The lowest BCUT2D eigenvalue weighted by molar-refractivity contribution is -0.898. The van der Waals surface area contributed by atoms with Gasteiger partial charge >= 0.3 is 0 Å². The van der Waals surface area contributed by atoms with Crippen molar-refractivity contribution in [1.29, 1.82) is 0 Å². The number of quaternary nitrogens is 1. The van der Waals surface area contributed by atoms with E-state index in [1.54, 1.807) is 24.5 Å². The van der Waals surface area contributed by atoms with Gasteiger partial charge < -0.3 is 9.80 Å². The summed E-state index contributed by atoms with van der Waals surface area (Å²) in [7, 11) is 0. The number of benzene rings is 1. The van der Waals surface area contributed by atoms with Crippen LogP contribution in [-0.2, 0) is 0 Å². The molecule has 0 spiro atoms. The standard InChI is InChI=1S/C19H21N3O/c23-19(18-8-10-20-11-9-18)22-15-13-21(14-16-22)12-4-7-17-5-2-1-3-6-17/h1-11H,12-16H2/p+1. The third kappa shape index (κ3) is 4.27. The highest BCUT2D eigenvalue weighted by molar-refractivity contribution is 5.94. The number of carbonyl (C=O) groups excluding carboxylic acids is 1. The van der Waals surface area contributed by atoms with Crippen molar-refractivity contribution < 1.29 is 9.69 Å². The third-order valence-electron chi connectivity index (χ3n) is 4.20. The van der Waals surface area contributed by atoms with E-state index >= 15 is 0 Å². The van der Waals surface area contributed by atoms with Gasteiger partial charge in [0.05, 0.1) is 32.7 Å². The van der Waals surface area contributed by atoms with Crippen molar-refractivity contribution >= 4 is 12.0 Å². The molecular formula is C19H22N3O+. The van der Waals surface area contributed by atoms with E-state index in [4.69, 9.17) is 0 Å². The van der Waals surface area contributed by atoms with Crippen molar-refractivity contribution in [3.63, 3.8) is 0 Å². The third-order valence-corrected chi connectivity index (χ3v) is 4.20. The lowest BCUT2D eigenvalue weighted by Crippen LogP contribution is -3.14. The molecule has 2 aromatic rings. The van der Waals surface area contributed by atoms with E-state index in [1.807, 2.05) is 11.0 Å². The van der Waals surface area contributed by atoms with Crippen molar-refractivity contribution in [3.8, 4) is 0 Å². The predicted octanol–water partition coefficient (Wildman–Crippen LogP) is 1.14. The van der Waals surface area contributed by atoms with Crippen LogP contribution in [0.25, 0.3) is 6.08 Å². The number of pyridine rings is 1. The van der Waals surface area contributed by atoms with Crippen molar-refractivity contribution in [2.45, 2.75) is 0 Å². The molecule has 0 radical (unpaired) electrons. The molecule has 0 unspecified atom stereocenters. The van der Waals surface area contributed by atoms with Crippen molar-refractivity contribution in [1.82, 2.24) is 9.88 Å². The van der Waals surface area contributed by atoms with E-state index in [2.05, 4.69) is 41.4 Å². The van der Waals surface area contributed by atoms with Crippen LogP contribution in [0.4, 0.5) is 0 Å². The van der Waals surface area contributed by atoms with E-state index in [0.29, 0.717) is 0 Å². The van der Waals surface area contributed by atoms with Gasteiger partial charge in [-0.2, -0.15) is 0 Å². The van der Waals surface area contributed by atoms with Crippen LogP contribution >= 0.6 is 0 Å². The van der Waals surface area contributed by atoms with Gasteiger partial charge in [0.25, 0.3) is 5.91 Å². The van der Waals surface area contributed by atoms with Gasteiger partial charge in [-0.15, -0.1) is 0 Å². The molecule has 1 aromatic carbocycles. The van der Waals surface area contributed by atoms with Crippen molar-refractivity contribution in [2.24, 2.45) is 0 Å². The Morgan fingerprint density at radius 3 is 2.48 bits per heavy atom. The second-order valence-electron chi connectivity index (χ2n) is 5.80. The van der Waals surface area contributed by atoms with Crippen LogP contribution < -0.4 is 4.90 Å². The molecule has 118 valence electrons. The molecule has 1 N–H and O–H groups in total. The van der Waals surface area contributed by atoms with E-state index < -0.39 is 0 Å². The fourth-order valence-corrected chi connectivity index (χ4v) is 2.83. The fraction of sp³-hybridized carbons (Fsp3) is 0.263. The molecule has 3 rings (SSSR count). The van der Waals surface area contributed by atoms with Crippen LogP contribution in [0.1, 0.15) is 15.9 Å². The summed E-state index contributed by atoms with van der Waals surface area (Å²) in [6.45, 7) is 4.63. The van der Waals surface area contributed by atoms with Gasteiger partial charge in [0.1, 0.15) is 0 Å². The Balaban J connectivity index is 1.47. The molecule has 1 fully saturated rings. The number of nitrogens with one attached hydrogen (secondary N) is 1.